The van der Waals surface area contributed by atoms with Gasteiger partial charge in [-0.3, -0.25) is 4.68 Å². The molecule has 21 heavy (non-hydrogen) atoms. The molecule has 0 amide bonds. The van der Waals surface area contributed by atoms with E-state index in [1.54, 1.807) is 0 Å². The number of nitrogens with zero attached hydrogens (tertiary/aromatic N) is 3. The highest BCUT2D eigenvalue weighted by Gasteiger charge is 2.20. The van der Waals surface area contributed by atoms with Crippen LogP contribution in [-0.2, 0) is 13.5 Å². The molecule has 5 heteroatoms. The molecule has 2 rings (SSSR count). The van der Waals surface area contributed by atoms with Crippen LogP contribution in [0.15, 0.2) is 24.3 Å². The first kappa shape index (κ1) is 15.9. The molecular formula is C16H23ClN4. The molecule has 2 N–H and O–H groups in total. The number of halogens is 1. The lowest BCUT2D eigenvalue weighted by Gasteiger charge is -2.28. The fraction of sp³-hybridized carbons (Fsp3) is 0.438. The summed E-state index contributed by atoms with van der Waals surface area (Å²) < 4.78 is 1.94. The molecule has 2 aromatic rings. The van der Waals surface area contributed by atoms with Gasteiger partial charge in [-0.2, -0.15) is 5.10 Å². The summed E-state index contributed by atoms with van der Waals surface area (Å²) in [7, 11) is 4.07. The second-order valence-corrected chi connectivity index (χ2v) is 5.82. The first-order valence-electron chi connectivity index (χ1n) is 7.16. The highest BCUT2D eigenvalue weighted by Crippen LogP contribution is 2.30. The van der Waals surface area contributed by atoms with Crippen molar-refractivity contribution in [3.05, 3.63) is 46.1 Å². The Balaban J connectivity index is 2.35. The van der Waals surface area contributed by atoms with Crippen LogP contribution in [0.4, 0.5) is 5.82 Å². The zero-order valence-electron chi connectivity index (χ0n) is 13.1. The Morgan fingerprint density at radius 3 is 2.52 bits per heavy atom. The third-order valence-corrected chi connectivity index (χ3v) is 4.23. The van der Waals surface area contributed by atoms with Gasteiger partial charge in [-0.1, -0.05) is 23.7 Å². The molecule has 1 aromatic heterocycles. The quantitative estimate of drug-likeness (QED) is 0.923. The summed E-state index contributed by atoms with van der Waals surface area (Å²) in [5.41, 5.74) is 9.24. The minimum Gasteiger partial charge on any atom is -0.353 e. The van der Waals surface area contributed by atoms with Gasteiger partial charge in [-0.15, -0.1) is 0 Å². The first-order valence-corrected chi connectivity index (χ1v) is 7.54. The molecule has 114 valence electrons. The Labute approximate surface area is 131 Å². The predicted octanol–water partition coefficient (Wildman–Crippen LogP) is 3.08. The van der Waals surface area contributed by atoms with Gasteiger partial charge in [0, 0.05) is 24.7 Å². The van der Waals surface area contributed by atoms with Crippen LogP contribution in [0.5, 0.6) is 0 Å². The van der Waals surface area contributed by atoms with Crippen LogP contribution in [0.3, 0.4) is 0 Å². The summed E-state index contributed by atoms with van der Waals surface area (Å²) in [5, 5.41) is 5.30. The van der Waals surface area contributed by atoms with Crippen molar-refractivity contribution in [3.63, 3.8) is 0 Å². The predicted molar refractivity (Wildman–Crippen MR) is 89.0 cm³/mol. The van der Waals surface area contributed by atoms with Gasteiger partial charge < -0.3 is 10.6 Å². The van der Waals surface area contributed by atoms with Crippen molar-refractivity contribution >= 4 is 17.4 Å². The van der Waals surface area contributed by atoms with Gasteiger partial charge in [0.25, 0.3) is 0 Å². The van der Waals surface area contributed by atoms with Crippen LogP contribution in [-0.4, -0.2) is 23.4 Å². The molecule has 1 atom stereocenters. The van der Waals surface area contributed by atoms with Crippen molar-refractivity contribution in [2.75, 3.05) is 18.5 Å². The molecule has 0 aliphatic heterocycles. The molecular weight excluding hydrogens is 284 g/mol. The third-order valence-electron chi connectivity index (χ3n) is 3.97. The highest BCUT2D eigenvalue weighted by atomic mass is 35.5. The van der Waals surface area contributed by atoms with E-state index < -0.39 is 0 Å². The van der Waals surface area contributed by atoms with Gasteiger partial charge in [0.2, 0.25) is 0 Å². The smallest absolute Gasteiger partial charge is 0.130 e. The third kappa shape index (κ3) is 3.22. The summed E-state index contributed by atoms with van der Waals surface area (Å²) in [6, 6.07) is 8.21. The van der Waals surface area contributed by atoms with Crippen LogP contribution >= 0.6 is 11.6 Å². The minimum atomic E-state index is 0.230. The molecule has 1 unspecified atom stereocenters. The van der Waals surface area contributed by atoms with Crippen molar-refractivity contribution in [3.8, 4) is 0 Å². The molecule has 4 nitrogen and oxygen atoms in total. The monoisotopic (exact) mass is 306 g/mol. The molecule has 1 aromatic carbocycles. The van der Waals surface area contributed by atoms with Gasteiger partial charge in [-0.05, 0) is 44.5 Å². The molecule has 0 bridgehead atoms. The second-order valence-electron chi connectivity index (χ2n) is 5.39. The topological polar surface area (TPSA) is 47.1 Å². The van der Waals surface area contributed by atoms with Gasteiger partial charge >= 0.3 is 0 Å². The molecule has 0 saturated carbocycles. The van der Waals surface area contributed by atoms with E-state index in [9.17, 15) is 0 Å². The van der Waals surface area contributed by atoms with Gasteiger partial charge in [-0.25, -0.2) is 0 Å². The Hall–Kier alpha value is -1.52. The number of aryl methyl sites for hydroxylation is 2. The Bertz CT molecular complexity index is 603. The lowest BCUT2D eigenvalue weighted by atomic mass is 10.1. The van der Waals surface area contributed by atoms with Crippen molar-refractivity contribution in [1.82, 2.24) is 9.78 Å². The number of aromatic nitrogens is 2. The number of hydrogen-bond donors (Lipinski definition) is 1. The molecule has 1 heterocycles. The van der Waals surface area contributed by atoms with E-state index in [2.05, 4.69) is 36.1 Å². The Morgan fingerprint density at radius 1 is 1.33 bits per heavy atom. The maximum absolute atomic E-state index is 5.97. The molecule has 0 radical (unpaired) electrons. The van der Waals surface area contributed by atoms with Crippen molar-refractivity contribution < 1.29 is 0 Å². The molecule has 0 spiro atoms. The number of hydrogen-bond acceptors (Lipinski definition) is 3. The summed E-state index contributed by atoms with van der Waals surface area (Å²) in [5.74, 6) is 1.13. The van der Waals surface area contributed by atoms with Gasteiger partial charge in [0.1, 0.15) is 5.82 Å². The summed E-state index contributed by atoms with van der Waals surface area (Å²) in [6.45, 7) is 4.84. The maximum Gasteiger partial charge on any atom is 0.130 e. The number of rotatable bonds is 5. The van der Waals surface area contributed by atoms with E-state index in [1.165, 1.54) is 11.1 Å². The van der Waals surface area contributed by atoms with Crippen LogP contribution in [0.1, 0.15) is 29.8 Å². The average molecular weight is 307 g/mol. The fourth-order valence-electron chi connectivity index (χ4n) is 2.72. The standard InChI is InChI=1S/C16H23ClN4/c1-11-15(9-10-18)16(21(4)19-11)20(3)12(2)13-5-7-14(17)8-6-13/h5-8,12H,9-10,18H2,1-4H3. The Kier molecular flexibility index (Phi) is 4.91. The van der Waals surface area contributed by atoms with Gasteiger partial charge in [0.15, 0.2) is 0 Å². The molecule has 0 aliphatic carbocycles. The molecule has 0 saturated heterocycles. The molecule has 0 aliphatic rings. The van der Waals surface area contributed by atoms with Crippen LogP contribution in [0.25, 0.3) is 0 Å². The van der Waals surface area contributed by atoms with Crippen molar-refractivity contribution in [1.29, 1.82) is 0 Å². The van der Waals surface area contributed by atoms with E-state index >= 15 is 0 Å². The fourth-order valence-corrected chi connectivity index (χ4v) is 2.84. The van der Waals surface area contributed by atoms with Crippen LogP contribution in [0.2, 0.25) is 5.02 Å². The minimum absolute atomic E-state index is 0.230. The first-order chi connectivity index (χ1) is 9.95. The summed E-state index contributed by atoms with van der Waals surface area (Å²) >= 11 is 5.97. The van der Waals surface area contributed by atoms with E-state index in [0.717, 1.165) is 23.0 Å². The number of nitrogens with two attached hydrogens (primary N) is 1. The summed E-state index contributed by atoms with van der Waals surface area (Å²) in [4.78, 5) is 2.24. The van der Waals surface area contributed by atoms with Gasteiger partial charge in [0.05, 0.1) is 11.7 Å². The van der Waals surface area contributed by atoms with E-state index in [0.29, 0.717) is 6.54 Å². The molecule has 0 fully saturated rings. The van der Waals surface area contributed by atoms with Crippen molar-refractivity contribution in [2.45, 2.75) is 26.3 Å². The number of benzene rings is 1. The zero-order valence-corrected chi connectivity index (χ0v) is 13.9. The second kappa shape index (κ2) is 6.50. The highest BCUT2D eigenvalue weighted by molar-refractivity contribution is 6.30. The lowest BCUT2D eigenvalue weighted by Crippen LogP contribution is -2.25. The van der Waals surface area contributed by atoms with E-state index in [4.69, 9.17) is 17.3 Å². The Morgan fingerprint density at radius 2 is 1.95 bits per heavy atom. The van der Waals surface area contributed by atoms with Crippen molar-refractivity contribution in [2.24, 2.45) is 12.8 Å². The van der Waals surface area contributed by atoms with Crippen LogP contribution in [0, 0.1) is 6.92 Å². The number of anilines is 1. The van der Waals surface area contributed by atoms with E-state index in [1.807, 2.05) is 30.8 Å². The normalized spacial score (nSPS) is 12.5. The maximum atomic E-state index is 5.97. The van der Waals surface area contributed by atoms with E-state index in [-0.39, 0.29) is 6.04 Å². The SMILES string of the molecule is Cc1nn(C)c(N(C)C(C)c2ccc(Cl)cc2)c1CCN. The van der Waals surface area contributed by atoms with Crippen LogP contribution < -0.4 is 10.6 Å². The largest absolute Gasteiger partial charge is 0.353 e. The average Bonchev–Trinajstić information content (AvgIpc) is 2.73. The zero-order chi connectivity index (χ0) is 15.6. The summed E-state index contributed by atoms with van der Waals surface area (Å²) in [6.07, 6.45) is 0.840. The lowest BCUT2D eigenvalue weighted by molar-refractivity contribution is 0.670.